The first-order chi connectivity index (χ1) is 15.1. The summed E-state index contributed by atoms with van der Waals surface area (Å²) in [6, 6.07) is 14.7. The van der Waals surface area contributed by atoms with Crippen molar-refractivity contribution < 1.29 is 14.3 Å². The zero-order chi connectivity index (χ0) is 21.8. The van der Waals surface area contributed by atoms with Crippen LogP contribution in [0.1, 0.15) is 27.9 Å². The molecule has 4 rings (SSSR count). The molecule has 2 heterocycles. The van der Waals surface area contributed by atoms with E-state index in [2.05, 4.69) is 15.3 Å². The molecule has 2 aromatic carbocycles. The molecular weight excluding hydrogens is 412 g/mol. The van der Waals surface area contributed by atoms with Crippen molar-refractivity contribution in [1.82, 2.24) is 19.9 Å². The van der Waals surface area contributed by atoms with E-state index in [4.69, 9.17) is 9.47 Å². The summed E-state index contributed by atoms with van der Waals surface area (Å²) in [6.45, 7) is 0. The van der Waals surface area contributed by atoms with Crippen LogP contribution in [-0.4, -0.2) is 34.7 Å². The molecule has 0 spiro atoms. The number of carbonyl (C=O) groups excluding carboxylic acids is 1. The lowest BCUT2D eigenvalue weighted by molar-refractivity contribution is 0.0937. The van der Waals surface area contributed by atoms with Crippen LogP contribution in [-0.2, 0) is 7.05 Å². The Kier molecular flexibility index (Phi) is 5.99. The summed E-state index contributed by atoms with van der Waals surface area (Å²) in [5.41, 5.74) is 2.09. The largest absolute Gasteiger partial charge is 0.497 e. The Hall–Kier alpha value is -3.65. The van der Waals surface area contributed by atoms with Crippen molar-refractivity contribution in [2.24, 2.45) is 7.05 Å². The van der Waals surface area contributed by atoms with E-state index in [0.29, 0.717) is 11.4 Å². The number of nitrogens with zero attached hydrogens (tertiary/aromatic N) is 3. The number of aryl methyl sites for hydroxylation is 1. The molecule has 158 valence electrons. The number of amides is 1. The summed E-state index contributed by atoms with van der Waals surface area (Å²) in [4.78, 5) is 22.1. The molecule has 0 fully saturated rings. The van der Waals surface area contributed by atoms with Crippen LogP contribution in [0.2, 0.25) is 0 Å². The molecule has 0 bridgehead atoms. The molecule has 0 aliphatic rings. The fraction of sp³-hybridized carbons (Fsp3) is 0.174. The number of methoxy groups -OCH3 is 2. The highest BCUT2D eigenvalue weighted by molar-refractivity contribution is 7.13. The number of ether oxygens (including phenoxy) is 2. The Bertz CT molecular complexity index is 1180. The number of hydrogen-bond donors (Lipinski definition) is 1. The van der Waals surface area contributed by atoms with Gasteiger partial charge in [0.1, 0.15) is 34.1 Å². The van der Waals surface area contributed by atoms with Crippen LogP contribution in [0.3, 0.4) is 0 Å². The van der Waals surface area contributed by atoms with E-state index < -0.39 is 6.04 Å². The van der Waals surface area contributed by atoms with Gasteiger partial charge in [-0.05, 0) is 29.8 Å². The van der Waals surface area contributed by atoms with Gasteiger partial charge in [0.05, 0.1) is 19.8 Å². The van der Waals surface area contributed by atoms with Crippen molar-refractivity contribution in [1.29, 1.82) is 0 Å². The molecule has 0 saturated carbocycles. The van der Waals surface area contributed by atoms with Gasteiger partial charge in [-0.3, -0.25) is 4.79 Å². The van der Waals surface area contributed by atoms with Crippen LogP contribution < -0.4 is 14.8 Å². The SMILES string of the molecule is COc1ccc(C(NC(=O)c2csc(-c3ccccc3OC)n2)c2nccn2C)cc1. The average Bonchev–Trinajstić information content (AvgIpc) is 3.47. The maximum Gasteiger partial charge on any atom is 0.271 e. The zero-order valence-electron chi connectivity index (χ0n) is 17.4. The molecule has 0 radical (unpaired) electrons. The van der Waals surface area contributed by atoms with Crippen LogP contribution in [0, 0.1) is 0 Å². The van der Waals surface area contributed by atoms with Crippen molar-refractivity contribution in [3.8, 4) is 22.1 Å². The first kappa shape index (κ1) is 20.6. The molecule has 1 atom stereocenters. The van der Waals surface area contributed by atoms with Gasteiger partial charge in [0.25, 0.3) is 5.91 Å². The highest BCUT2D eigenvalue weighted by Gasteiger charge is 2.23. The predicted molar refractivity (Wildman–Crippen MR) is 120 cm³/mol. The number of para-hydroxylation sites is 1. The number of aromatic nitrogens is 3. The normalized spacial score (nSPS) is 11.7. The van der Waals surface area contributed by atoms with Crippen LogP contribution >= 0.6 is 11.3 Å². The Morgan fingerprint density at radius 1 is 1.10 bits per heavy atom. The van der Waals surface area contributed by atoms with Gasteiger partial charge in [0.15, 0.2) is 0 Å². The minimum atomic E-state index is -0.435. The van der Waals surface area contributed by atoms with Crippen LogP contribution in [0.25, 0.3) is 10.6 Å². The van der Waals surface area contributed by atoms with E-state index in [-0.39, 0.29) is 5.91 Å². The minimum absolute atomic E-state index is 0.277. The number of hydrogen-bond acceptors (Lipinski definition) is 6. The highest BCUT2D eigenvalue weighted by Crippen LogP contribution is 2.32. The third-order valence-corrected chi connectivity index (χ3v) is 5.79. The van der Waals surface area contributed by atoms with Gasteiger partial charge in [0.2, 0.25) is 0 Å². The molecule has 1 N–H and O–H groups in total. The molecule has 2 aromatic heterocycles. The third kappa shape index (κ3) is 4.29. The number of imidazole rings is 1. The van der Waals surface area contributed by atoms with Crippen LogP contribution in [0.15, 0.2) is 66.3 Å². The molecule has 31 heavy (non-hydrogen) atoms. The first-order valence-corrected chi connectivity index (χ1v) is 10.5. The van der Waals surface area contributed by atoms with Gasteiger partial charge in [-0.2, -0.15) is 0 Å². The van der Waals surface area contributed by atoms with Gasteiger partial charge in [0, 0.05) is 24.8 Å². The highest BCUT2D eigenvalue weighted by atomic mass is 32.1. The van der Waals surface area contributed by atoms with Crippen LogP contribution in [0.5, 0.6) is 11.5 Å². The summed E-state index contributed by atoms with van der Waals surface area (Å²) >= 11 is 1.40. The Balaban J connectivity index is 1.62. The molecule has 1 unspecified atom stereocenters. The van der Waals surface area contributed by atoms with Gasteiger partial charge in [-0.25, -0.2) is 9.97 Å². The van der Waals surface area contributed by atoms with E-state index >= 15 is 0 Å². The molecular formula is C23H22N4O3S. The molecule has 0 aliphatic carbocycles. The second-order valence-electron chi connectivity index (χ2n) is 6.81. The maximum absolute atomic E-state index is 13.1. The van der Waals surface area contributed by atoms with Gasteiger partial charge >= 0.3 is 0 Å². The summed E-state index contributed by atoms with van der Waals surface area (Å²) in [5.74, 6) is 1.91. The molecule has 0 saturated heterocycles. The van der Waals surface area contributed by atoms with E-state index in [1.807, 2.05) is 66.3 Å². The standard InChI is InChI=1S/C23H22N4O3S/c1-27-13-12-24-21(27)20(15-8-10-16(29-2)11-9-15)26-22(28)18-14-31-23(25-18)17-6-4-5-7-19(17)30-3/h4-14,20H,1-3H3,(H,26,28). The molecule has 7 nitrogen and oxygen atoms in total. The molecule has 4 aromatic rings. The number of nitrogens with one attached hydrogen (secondary N) is 1. The summed E-state index contributed by atoms with van der Waals surface area (Å²) in [7, 11) is 5.13. The fourth-order valence-corrected chi connectivity index (χ4v) is 4.11. The number of thiazole rings is 1. The number of benzene rings is 2. The van der Waals surface area contributed by atoms with Gasteiger partial charge in [-0.15, -0.1) is 11.3 Å². The maximum atomic E-state index is 13.1. The Morgan fingerprint density at radius 2 is 1.87 bits per heavy atom. The monoisotopic (exact) mass is 434 g/mol. The second-order valence-corrected chi connectivity index (χ2v) is 7.67. The Morgan fingerprint density at radius 3 is 2.55 bits per heavy atom. The third-order valence-electron chi connectivity index (χ3n) is 4.92. The minimum Gasteiger partial charge on any atom is -0.497 e. The predicted octanol–water partition coefficient (Wildman–Crippen LogP) is 4.08. The Labute approximate surface area is 184 Å². The lowest BCUT2D eigenvalue weighted by Crippen LogP contribution is -2.31. The van der Waals surface area contributed by atoms with E-state index in [1.54, 1.807) is 25.8 Å². The fourth-order valence-electron chi connectivity index (χ4n) is 3.28. The second kappa shape index (κ2) is 9.01. The smallest absolute Gasteiger partial charge is 0.271 e. The van der Waals surface area contributed by atoms with Crippen molar-refractivity contribution in [3.63, 3.8) is 0 Å². The van der Waals surface area contributed by atoms with E-state index in [0.717, 1.165) is 27.7 Å². The van der Waals surface area contributed by atoms with Crippen molar-refractivity contribution >= 4 is 17.2 Å². The number of rotatable bonds is 7. The quantitative estimate of drug-likeness (QED) is 0.474. The van der Waals surface area contributed by atoms with Gasteiger partial charge in [-0.1, -0.05) is 24.3 Å². The summed E-state index contributed by atoms with van der Waals surface area (Å²) in [6.07, 6.45) is 3.56. The molecule has 1 amide bonds. The summed E-state index contributed by atoms with van der Waals surface area (Å²) in [5, 5.41) is 5.55. The van der Waals surface area contributed by atoms with E-state index in [1.165, 1.54) is 11.3 Å². The topological polar surface area (TPSA) is 78.3 Å². The lowest BCUT2D eigenvalue weighted by atomic mass is 10.1. The zero-order valence-corrected chi connectivity index (χ0v) is 18.2. The van der Waals surface area contributed by atoms with Crippen molar-refractivity contribution in [2.45, 2.75) is 6.04 Å². The van der Waals surface area contributed by atoms with Crippen LogP contribution in [0.4, 0.5) is 0 Å². The van der Waals surface area contributed by atoms with Gasteiger partial charge < -0.3 is 19.4 Å². The first-order valence-electron chi connectivity index (χ1n) is 9.61. The van der Waals surface area contributed by atoms with Crippen molar-refractivity contribution in [2.75, 3.05) is 14.2 Å². The number of carbonyl (C=O) groups is 1. The lowest BCUT2D eigenvalue weighted by Gasteiger charge is -2.19. The van der Waals surface area contributed by atoms with Crippen molar-refractivity contribution in [3.05, 3.63) is 83.4 Å². The summed E-state index contributed by atoms with van der Waals surface area (Å²) < 4.78 is 12.6. The average molecular weight is 435 g/mol. The van der Waals surface area contributed by atoms with E-state index in [9.17, 15) is 4.79 Å². The molecule has 0 aliphatic heterocycles. The molecule has 8 heteroatoms.